The Bertz CT molecular complexity index is 1080. The number of benzene rings is 1. The highest BCUT2D eigenvalue weighted by Crippen LogP contribution is 2.35. The van der Waals surface area contributed by atoms with Gasteiger partial charge >= 0.3 is 0 Å². The second kappa shape index (κ2) is 6.95. The zero-order valence-corrected chi connectivity index (χ0v) is 15.6. The average Bonchev–Trinajstić information content (AvgIpc) is 3.10. The summed E-state index contributed by atoms with van der Waals surface area (Å²) >= 11 is 0. The summed E-state index contributed by atoms with van der Waals surface area (Å²) in [5.41, 5.74) is 15.7. The maximum atomic E-state index is 13.9. The van der Waals surface area contributed by atoms with Gasteiger partial charge < -0.3 is 20.7 Å². The molecule has 0 saturated heterocycles. The Morgan fingerprint density at radius 1 is 1.25 bits per heavy atom. The number of pyridine rings is 1. The molecule has 0 fully saturated rings. The highest BCUT2D eigenvalue weighted by Gasteiger charge is 2.22. The van der Waals surface area contributed by atoms with Crippen LogP contribution in [0.2, 0.25) is 0 Å². The van der Waals surface area contributed by atoms with Crippen molar-refractivity contribution in [3.8, 4) is 16.9 Å². The van der Waals surface area contributed by atoms with E-state index in [0.717, 1.165) is 16.8 Å². The Hall–Kier alpha value is -3.42. The summed E-state index contributed by atoms with van der Waals surface area (Å²) < 4.78 is 25.4. The molecule has 28 heavy (non-hydrogen) atoms. The van der Waals surface area contributed by atoms with Gasteiger partial charge in [0.15, 0.2) is 17.3 Å². The monoisotopic (exact) mass is 381 g/mol. The van der Waals surface area contributed by atoms with Crippen molar-refractivity contribution < 1.29 is 13.7 Å². The van der Waals surface area contributed by atoms with Crippen LogP contribution in [-0.4, -0.2) is 16.0 Å². The van der Waals surface area contributed by atoms with Crippen LogP contribution in [0.4, 0.5) is 10.2 Å². The summed E-state index contributed by atoms with van der Waals surface area (Å²) in [6.45, 7) is 3.98. The first-order valence-corrected chi connectivity index (χ1v) is 8.97. The topological polar surface area (TPSA) is 113 Å². The number of halogens is 1. The Kier molecular flexibility index (Phi) is 4.46. The van der Waals surface area contributed by atoms with E-state index < -0.39 is 6.10 Å². The van der Waals surface area contributed by atoms with Gasteiger partial charge in [-0.3, -0.25) is 4.99 Å². The molecule has 3 heterocycles. The van der Waals surface area contributed by atoms with Crippen LogP contribution in [0.25, 0.3) is 11.1 Å². The van der Waals surface area contributed by atoms with Crippen molar-refractivity contribution in [2.24, 2.45) is 10.7 Å². The molecule has 4 rings (SSSR count). The highest BCUT2D eigenvalue weighted by atomic mass is 19.1. The Morgan fingerprint density at radius 2 is 2.07 bits per heavy atom. The quantitative estimate of drug-likeness (QED) is 0.668. The van der Waals surface area contributed by atoms with E-state index in [4.69, 9.17) is 20.7 Å². The van der Waals surface area contributed by atoms with Gasteiger partial charge in [0.25, 0.3) is 0 Å². The molecule has 1 atom stereocenters. The minimum Gasteiger partial charge on any atom is -0.482 e. The van der Waals surface area contributed by atoms with Gasteiger partial charge in [-0.05, 0) is 37.6 Å². The molecular formula is C20H20FN5O2. The molecule has 1 unspecified atom stereocenters. The smallest absolute Gasteiger partial charge is 0.166 e. The lowest BCUT2D eigenvalue weighted by Gasteiger charge is -2.20. The van der Waals surface area contributed by atoms with Crippen molar-refractivity contribution in [2.45, 2.75) is 32.9 Å². The van der Waals surface area contributed by atoms with Crippen LogP contribution in [0.1, 0.15) is 42.5 Å². The molecule has 4 N–H and O–H groups in total. The lowest BCUT2D eigenvalue weighted by atomic mass is 10.0. The number of aromatic nitrogens is 2. The maximum Gasteiger partial charge on any atom is 0.166 e. The minimum atomic E-state index is -0.522. The van der Waals surface area contributed by atoms with Crippen molar-refractivity contribution in [3.63, 3.8) is 0 Å². The van der Waals surface area contributed by atoms with E-state index in [1.54, 1.807) is 25.3 Å². The fourth-order valence-electron chi connectivity index (χ4n) is 3.32. The molecular weight excluding hydrogens is 361 g/mol. The largest absolute Gasteiger partial charge is 0.482 e. The number of amidine groups is 1. The fraction of sp³-hybridized carbons (Fsp3) is 0.250. The second-order valence-corrected chi connectivity index (χ2v) is 6.58. The molecule has 0 saturated carbocycles. The van der Waals surface area contributed by atoms with Crippen molar-refractivity contribution in [3.05, 3.63) is 58.9 Å². The van der Waals surface area contributed by atoms with E-state index in [-0.39, 0.29) is 24.0 Å². The zero-order valence-electron chi connectivity index (χ0n) is 15.6. The molecule has 8 heteroatoms. The molecule has 1 aliphatic heterocycles. The summed E-state index contributed by atoms with van der Waals surface area (Å²) in [6.07, 6.45) is 1.80. The van der Waals surface area contributed by atoms with Gasteiger partial charge in [0.2, 0.25) is 0 Å². The third-order valence-electron chi connectivity index (χ3n) is 4.76. The van der Waals surface area contributed by atoms with Crippen molar-refractivity contribution in [1.29, 1.82) is 0 Å². The Morgan fingerprint density at radius 3 is 2.86 bits per heavy atom. The molecule has 2 bridgehead atoms. The number of hydrogen-bond acceptors (Lipinski definition) is 7. The highest BCUT2D eigenvalue weighted by molar-refractivity contribution is 5.99. The molecule has 1 aliphatic rings. The Labute approximate surface area is 161 Å². The van der Waals surface area contributed by atoms with Crippen LogP contribution in [0.3, 0.4) is 0 Å². The van der Waals surface area contributed by atoms with Crippen molar-refractivity contribution >= 4 is 11.7 Å². The van der Waals surface area contributed by atoms with Crippen LogP contribution < -0.4 is 16.2 Å². The first kappa shape index (κ1) is 18.0. The SMILES string of the molecule is CCc1noc2c1-c1cnc(N)c(c1)OC(C)c1cc(F)ccc1C(N)=NC2. The minimum absolute atomic E-state index is 0.194. The first-order valence-electron chi connectivity index (χ1n) is 8.97. The standard InChI is InChI=1S/C20H20FN5O2/c1-3-15-18-11-6-16(20(23)24-8-11)27-10(2)14-7-12(21)4-5-13(14)19(22)25-9-17(18)28-26-15/h4-8,10H,3,9H2,1-2H3,(H2,22,25)(H2,23,24). The molecule has 3 aromatic rings. The number of rotatable bonds is 1. The van der Waals surface area contributed by atoms with E-state index in [1.165, 1.54) is 12.1 Å². The van der Waals surface area contributed by atoms with Gasteiger partial charge in [-0.25, -0.2) is 9.37 Å². The number of aliphatic imine (C=N–C) groups is 1. The number of fused-ring (bicyclic) bond motifs is 5. The summed E-state index contributed by atoms with van der Waals surface area (Å²) in [6, 6.07) is 6.11. The average molecular weight is 381 g/mol. The van der Waals surface area contributed by atoms with Gasteiger partial charge in [0.05, 0.1) is 11.3 Å². The normalized spacial score (nSPS) is 16.1. The van der Waals surface area contributed by atoms with Gasteiger partial charge in [-0.2, -0.15) is 0 Å². The van der Waals surface area contributed by atoms with Crippen LogP contribution >= 0.6 is 0 Å². The van der Waals surface area contributed by atoms with E-state index in [9.17, 15) is 4.39 Å². The molecule has 1 aromatic carbocycles. The number of ether oxygens (including phenoxy) is 1. The molecule has 0 amide bonds. The lowest BCUT2D eigenvalue weighted by Crippen LogP contribution is -2.19. The van der Waals surface area contributed by atoms with E-state index in [0.29, 0.717) is 29.1 Å². The number of nitrogens with two attached hydrogens (primary N) is 2. The van der Waals surface area contributed by atoms with Crippen molar-refractivity contribution in [1.82, 2.24) is 10.1 Å². The predicted octanol–water partition coefficient (Wildman–Crippen LogP) is 3.38. The van der Waals surface area contributed by atoms with E-state index in [1.807, 2.05) is 6.92 Å². The van der Waals surface area contributed by atoms with Gasteiger partial charge in [0, 0.05) is 22.9 Å². The zero-order chi connectivity index (χ0) is 19.8. The van der Waals surface area contributed by atoms with Crippen molar-refractivity contribution in [2.75, 3.05) is 5.73 Å². The van der Waals surface area contributed by atoms with Gasteiger partial charge in [-0.15, -0.1) is 0 Å². The predicted molar refractivity (Wildman–Crippen MR) is 103 cm³/mol. The summed E-state index contributed by atoms with van der Waals surface area (Å²) in [5, 5.41) is 4.14. The number of aryl methyl sites for hydroxylation is 1. The maximum absolute atomic E-state index is 13.9. The van der Waals surface area contributed by atoms with Crippen LogP contribution in [-0.2, 0) is 13.0 Å². The summed E-state index contributed by atoms with van der Waals surface area (Å²) in [4.78, 5) is 8.70. The van der Waals surface area contributed by atoms with Crippen LogP contribution in [0.5, 0.6) is 5.75 Å². The Balaban J connectivity index is 1.95. The fourth-order valence-corrected chi connectivity index (χ4v) is 3.32. The third-order valence-corrected chi connectivity index (χ3v) is 4.76. The van der Waals surface area contributed by atoms with Crippen LogP contribution in [0.15, 0.2) is 40.0 Å². The third kappa shape index (κ3) is 3.06. The lowest BCUT2D eigenvalue weighted by molar-refractivity contribution is 0.227. The molecule has 0 radical (unpaired) electrons. The number of anilines is 1. The van der Waals surface area contributed by atoms with E-state index in [2.05, 4.69) is 15.1 Å². The molecule has 144 valence electrons. The van der Waals surface area contributed by atoms with Gasteiger partial charge in [-0.1, -0.05) is 12.1 Å². The molecule has 2 aromatic heterocycles. The summed E-state index contributed by atoms with van der Waals surface area (Å²) in [5.74, 6) is 1.07. The summed E-state index contributed by atoms with van der Waals surface area (Å²) in [7, 11) is 0. The molecule has 7 nitrogen and oxygen atoms in total. The number of nitrogen functional groups attached to an aromatic ring is 1. The first-order chi connectivity index (χ1) is 13.5. The number of hydrogen-bond donors (Lipinski definition) is 2. The van der Waals surface area contributed by atoms with Crippen LogP contribution in [0, 0.1) is 5.82 Å². The van der Waals surface area contributed by atoms with E-state index >= 15 is 0 Å². The second-order valence-electron chi connectivity index (χ2n) is 6.58. The van der Waals surface area contributed by atoms with Gasteiger partial charge in [0.1, 0.15) is 24.3 Å². The molecule has 0 aliphatic carbocycles. The number of nitrogens with zero attached hydrogens (tertiary/aromatic N) is 3. The molecule has 0 spiro atoms.